The number of nitrogens with one attached hydrogen (secondary N) is 1. The molecule has 1 atom stereocenters. The van der Waals surface area contributed by atoms with Gasteiger partial charge in [0.1, 0.15) is 4.88 Å². The smallest absolute Gasteiger partial charge is 0.348 e. The maximum Gasteiger partial charge on any atom is 0.348 e. The predicted octanol–water partition coefficient (Wildman–Crippen LogP) is 2.45. The number of aryl methyl sites for hydroxylation is 1. The topological polar surface area (TPSA) is 79.2 Å². The highest BCUT2D eigenvalue weighted by atomic mass is 32.1. The van der Waals surface area contributed by atoms with Crippen LogP contribution in [0.5, 0.6) is 0 Å². The van der Waals surface area contributed by atoms with Crippen molar-refractivity contribution in [1.29, 1.82) is 5.26 Å². The van der Waals surface area contributed by atoms with Gasteiger partial charge in [0, 0.05) is 11.4 Å². The highest BCUT2D eigenvalue weighted by molar-refractivity contribution is 7.14. The summed E-state index contributed by atoms with van der Waals surface area (Å²) in [5, 5.41) is 10.9. The molecule has 1 aromatic rings. The molecule has 1 N–H and O–H groups in total. The van der Waals surface area contributed by atoms with Crippen molar-refractivity contribution in [1.82, 2.24) is 5.32 Å². The minimum atomic E-state index is -0.442. The van der Waals surface area contributed by atoms with Gasteiger partial charge in [0.15, 0.2) is 6.61 Å². The molecule has 22 heavy (non-hydrogen) atoms. The van der Waals surface area contributed by atoms with Crippen LogP contribution in [0.3, 0.4) is 0 Å². The number of carbonyl (C=O) groups is 2. The number of thiophene rings is 1. The second-order valence-corrected chi connectivity index (χ2v) is 6.55. The molecule has 0 saturated heterocycles. The van der Waals surface area contributed by atoms with E-state index in [1.54, 1.807) is 0 Å². The SMILES string of the molecule is CCC1CCc2sc(C(=O)OCC(=O)NCCC#N)cc2C1. The van der Waals surface area contributed by atoms with E-state index >= 15 is 0 Å². The molecule has 0 bridgehead atoms. The summed E-state index contributed by atoms with van der Waals surface area (Å²) in [6.45, 7) is 2.17. The standard InChI is InChI=1S/C16H20N2O3S/c1-2-11-4-5-13-12(8-11)9-14(22-13)16(20)21-10-15(19)18-7-3-6-17/h9,11H,2-5,7-8,10H2,1H3,(H,18,19). The Labute approximate surface area is 134 Å². The van der Waals surface area contributed by atoms with Crippen molar-refractivity contribution in [2.45, 2.75) is 39.0 Å². The molecule has 1 aliphatic rings. The second-order valence-electron chi connectivity index (χ2n) is 5.41. The largest absolute Gasteiger partial charge is 0.451 e. The molecule has 1 aromatic heterocycles. The van der Waals surface area contributed by atoms with Gasteiger partial charge in [0.2, 0.25) is 0 Å². The van der Waals surface area contributed by atoms with Gasteiger partial charge < -0.3 is 10.1 Å². The van der Waals surface area contributed by atoms with Gasteiger partial charge in [-0.15, -0.1) is 11.3 Å². The molecular weight excluding hydrogens is 300 g/mol. The van der Waals surface area contributed by atoms with Gasteiger partial charge >= 0.3 is 5.97 Å². The van der Waals surface area contributed by atoms with E-state index in [-0.39, 0.29) is 25.5 Å². The Hall–Kier alpha value is -1.87. The number of hydrogen-bond donors (Lipinski definition) is 1. The molecule has 2 rings (SSSR count). The van der Waals surface area contributed by atoms with E-state index in [0.29, 0.717) is 10.8 Å². The van der Waals surface area contributed by atoms with Crippen LogP contribution in [0.25, 0.3) is 0 Å². The number of nitriles is 1. The first-order chi connectivity index (χ1) is 10.6. The van der Waals surface area contributed by atoms with Crippen molar-refractivity contribution < 1.29 is 14.3 Å². The first-order valence-electron chi connectivity index (χ1n) is 7.56. The predicted molar refractivity (Wildman–Crippen MR) is 83.6 cm³/mol. The summed E-state index contributed by atoms with van der Waals surface area (Å²) in [7, 11) is 0. The van der Waals surface area contributed by atoms with E-state index < -0.39 is 5.97 Å². The maximum atomic E-state index is 12.0. The first-order valence-corrected chi connectivity index (χ1v) is 8.38. The van der Waals surface area contributed by atoms with E-state index in [4.69, 9.17) is 10.00 Å². The highest BCUT2D eigenvalue weighted by Gasteiger charge is 2.22. The number of hydrogen-bond acceptors (Lipinski definition) is 5. The Balaban J connectivity index is 1.85. The molecule has 0 radical (unpaired) electrons. The molecule has 0 fully saturated rings. The second kappa shape index (κ2) is 7.95. The zero-order valence-electron chi connectivity index (χ0n) is 12.7. The lowest BCUT2D eigenvalue weighted by Gasteiger charge is -2.19. The summed E-state index contributed by atoms with van der Waals surface area (Å²) in [6, 6.07) is 3.84. The molecule has 6 heteroatoms. The minimum absolute atomic E-state index is 0.246. The van der Waals surface area contributed by atoms with Crippen molar-refractivity contribution in [3.8, 4) is 6.07 Å². The Morgan fingerprint density at radius 2 is 2.36 bits per heavy atom. The van der Waals surface area contributed by atoms with Crippen molar-refractivity contribution in [2.75, 3.05) is 13.2 Å². The van der Waals surface area contributed by atoms with Gasteiger partial charge in [-0.3, -0.25) is 4.79 Å². The molecule has 0 aliphatic heterocycles. The molecule has 0 spiro atoms. The quantitative estimate of drug-likeness (QED) is 0.645. The van der Waals surface area contributed by atoms with Crippen molar-refractivity contribution in [3.63, 3.8) is 0 Å². The zero-order chi connectivity index (χ0) is 15.9. The number of esters is 1. The number of ether oxygens (including phenoxy) is 1. The molecule has 1 amide bonds. The fourth-order valence-electron chi connectivity index (χ4n) is 2.56. The fourth-order valence-corrected chi connectivity index (χ4v) is 3.66. The molecular formula is C16H20N2O3S. The lowest BCUT2D eigenvalue weighted by atomic mass is 9.87. The van der Waals surface area contributed by atoms with Crippen molar-refractivity contribution in [3.05, 3.63) is 21.4 Å². The van der Waals surface area contributed by atoms with Crippen molar-refractivity contribution in [2.24, 2.45) is 5.92 Å². The summed E-state index contributed by atoms with van der Waals surface area (Å²) < 4.78 is 5.03. The van der Waals surface area contributed by atoms with Crippen LogP contribution in [0, 0.1) is 17.2 Å². The highest BCUT2D eigenvalue weighted by Crippen LogP contribution is 2.33. The third-order valence-corrected chi connectivity index (χ3v) is 5.07. The molecule has 1 aliphatic carbocycles. The Kier molecular flexibility index (Phi) is 5.96. The molecule has 5 nitrogen and oxygen atoms in total. The van der Waals surface area contributed by atoms with E-state index in [0.717, 1.165) is 19.3 Å². The summed E-state index contributed by atoms with van der Waals surface area (Å²) in [5.41, 5.74) is 1.26. The van der Waals surface area contributed by atoms with Crippen LogP contribution in [0.2, 0.25) is 0 Å². The fraction of sp³-hybridized carbons (Fsp3) is 0.562. The van der Waals surface area contributed by atoms with Gasteiger partial charge in [-0.25, -0.2) is 4.79 Å². The molecule has 1 heterocycles. The van der Waals surface area contributed by atoms with Gasteiger partial charge in [0.25, 0.3) is 5.91 Å². The number of amides is 1. The molecule has 118 valence electrons. The van der Waals surface area contributed by atoms with Crippen LogP contribution in [-0.4, -0.2) is 25.0 Å². The normalized spacial score (nSPS) is 16.5. The zero-order valence-corrected chi connectivity index (χ0v) is 13.5. The average molecular weight is 320 g/mol. The van der Waals surface area contributed by atoms with E-state index in [9.17, 15) is 9.59 Å². The molecule has 1 unspecified atom stereocenters. The molecule has 0 aromatic carbocycles. The van der Waals surface area contributed by atoms with Gasteiger partial charge in [0.05, 0.1) is 12.5 Å². The summed E-state index contributed by atoms with van der Waals surface area (Å²) in [6.07, 6.45) is 4.65. The van der Waals surface area contributed by atoms with E-state index in [1.165, 1.54) is 28.2 Å². The third kappa shape index (κ3) is 4.31. The lowest BCUT2D eigenvalue weighted by molar-refractivity contribution is -0.124. The Morgan fingerprint density at radius 1 is 1.55 bits per heavy atom. The summed E-state index contributed by atoms with van der Waals surface area (Å²) in [5.74, 6) is -0.115. The van der Waals surface area contributed by atoms with Crippen LogP contribution in [-0.2, 0) is 22.4 Å². The first kappa shape index (κ1) is 16.5. The van der Waals surface area contributed by atoms with E-state index in [2.05, 4.69) is 12.2 Å². The number of fused-ring (bicyclic) bond motifs is 1. The van der Waals surface area contributed by atoms with E-state index in [1.807, 2.05) is 12.1 Å². The van der Waals surface area contributed by atoms with Crippen LogP contribution >= 0.6 is 11.3 Å². The maximum absolute atomic E-state index is 12.0. The van der Waals surface area contributed by atoms with Crippen LogP contribution in [0.4, 0.5) is 0 Å². The van der Waals surface area contributed by atoms with Crippen LogP contribution in [0.1, 0.15) is 46.3 Å². The number of rotatable bonds is 6. The Morgan fingerprint density at radius 3 is 3.09 bits per heavy atom. The number of carbonyl (C=O) groups excluding carboxylic acids is 2. The summed E-state index contributed by atoms with van der Waals surface area (Å²) in [4.78, 5) is 25.3. The van der Waals surface area contributed by atoms with Gasteiger partial charge in [-0.2, -0.15) is 5.26 Å². The Bertz CT molecular complexity index is 589. The minimum Gasteiger partial charge on any atom is -0.451 e. The van der Waals surface area contributed by atoms with Gasteiger partial charge in [-0.05, 0) is 36.8 Å². The lowest BCUT2D eigenvalue weighted by Crippen LogP contribution is -2.29. The number of nitrogens with zero attached hydrogens (tertiary/aromatic N) is 1. The third-order valence-electron chi connectivity index (χ3n) is 3.86. The van der Waals surface area contributed by atoms with Crippen LogP contribution in [0.15, 0.2) is 6.07 Å². The molecule has 0 saturated carbocycles. The summed E-state index contributed by atoms with van der Waals surface area (Å²) >= 11 is 1.48. The monoisotopic (exact) mass is 320 g/mol. The van der Waals surface area contributed by atoms with Crippen molar-refractivity contribution >= 4 is 23.2 Å². The van der Waals surface area contributed by atoms with Gasteiger partial charge in [-0.1, -0.05) is 13.3 Å². The van der Waals surface area contributed by atoms with Crippen LogP contribution < -0.4 is 5.32 Å². The average Bonchev–Trinajstić information content (AvgIpc) is 2.95.